The van der Waals surface area contributed by atoms with Gasteiger partial charge in [0.25, 0.3) is 0 Å². The van der Waals surface area contributed by atoms with Crippen LogP contribution in [-0.4, -0.2) is 89.4 Å². The van der Waals surface area contributed by atoms with Gasteiger partial charge in [-0.25, -0.2) is 0 Å². The number of amides is 1. The minimum Gasteiger partial charge on any atom is -0.379 e. The molecule has 0 atom stereocenters. The average Bonchev–Trinajstić information content (AvgIpc) is 2.96. The zero-order valence-corrected chi connectivity index (χ0v) is 14.9. The Morgan fingerprint density at radius 3 is 2.50 bits per heavy atom. The maximum Gasteiger partial charge on any atom is 0.236 e. The molecule has 0 bridgehead atoms. The molecule has 0 unspecified atom stereocenters. The number of hydrogen-bond donors (Lipinski definition) is 0. The van der Waals surface area contributed by atoms with E-state index in [9.17, 15) is 4.79 Å². The minimum absolute atomic E-state index is 0.257. The van der Waals surface area contributed by atoms with Crippen molar-refractivity contribution in [2.45, 2.75) is 19.9 Å². The molecule has 0 saturated carbocycles. The molecule has 134 valence electrons. The average molecular weight is 335 g/mol. The highest BCUT2D eigenvalue weighted by Crippen LogP contribution is 2.13. The molecule has 2 fully saturated rings. The number of ether oxygens (including phenoxy) is 1. The standard InChI is InChI=1S/C17H29N5O2/c1-3-16-15(12-19(2)18-16)13-20-4-6-22(7-5-20)17(23)14-21-8-10-24-11-9-21/h12H,3-11,13-14H2,1-2H3. The maximum absolute atomic E-state index is 12.4. The molecule has 0 radical (unpaired) electrons. The Kier molecular flexibility index (Phi) is 5.86. The number of aromatic nitrogens is 2. The van der Waals surface area contributed by atoms with E-state index in [2.05, 4.69) is 28.0 Å². The SMILES string of the molecule is CCc1nn(C)cc1CN1CCN(C(=O)CN2CCOCC2)CC1. The third-order valence-corrected chi connectivity index (χ3v) is 4.91. The van der Waals surface area contributed by atoms with Crippen molar-refractivity contribution in [1.82, 2.24) is 24.5 Å². The highest BCUT2D eigenvalue weighted by atomic mass is 16.5. The first-order valence-electron chi connectivity index (χ1n) is 8.97. The Morgan fingerprint density at radius 2 is 1.83 bits per heavy atom. The monoisotopic (exact) mass is 335 g/mol. The number of piperazine rings is 1. The quantitative estimate of drug-likeness (QED) is 0.756. The summed E-state index contributed by atoms with van der Waals surface area (Å²) in [7, 11) is 1.98. The summed E-state index contributed by atoms with van der Waals surface area (Å²) in [5, 5.41) is 4.51. The van der Waals surface area contributed by atoms with Crippen LogP contribution >= 0.6 is 0 Å². The van der Waals surface area contributed by atoms with E-state index in [0.29, 0.717) is 6.54 Å². The maximum atomic E-state index is 12.4. The minimum atomic E-state index is 0.257. The lowest BCUT2D eigenvalue weighted by molar-refractivity contribution is -0.135. The number of rotatable bonds is 5. The third kappa shape index (κ3) is 4.34. The van der Waals surface area contributed by atoms with Crippen LogP contribution in [0, 0.1) is 0 Å². The van der Waals surface area contributed by atoms with Crippen LogP contribution in [0.2, 0.25) is 0 Å². The van der Waals surface area contributed by atoms with Gasteiger partial charge in [0.2, 0.25) is 5.91 Å². The molecule has 0 aliphatic carbocycles. The van der Waals surface area contributed by atoms with Gasteiger partial charge >= 0.3 is 0 Å². The summed E-state index contributed by atoms with van der Waals surface area (Å²) in [6.45, 7) is 10.4. The Labute approximate surface area is 144 Å². The zero-order valence-electron chi connectivity index (χ0n) is 14.9. The Balaban J connectivity index is 1.45. The molecule has 2 aliphatic heterocycles. The van der Waals surface area contributed by atoms with Crippen molar-refractivity contribution in [3.8, 4) is 0 Å². The second kappa shape index (κ2) is 8.09. The van der Waals surface area contributed by atoms with Gasteiger partial charge in [-0.2, -0.15) is 5.10 Å². The molecular formula is C17H29N5O2. The number of morpholine rings is 1. The van der Waals surface area contributed by atoms with Crippen LogP contribution < -0.4 is 0 Å². The molecule has 2 saturated heterocycles. The smallest absolute Gasteiger partial charge is 0.236 e. The van der Waals surface area contributed by atoms with Crippen LogP contribution in [0.3, 0.4) is 0 Å². The molecule has 7 heteroatoms. The van der Waals surface area contributed by atoms with Crippen molar-refractivity contribution >= 4 is 5.91 Å². The van der Waals surface area contributed by atoms with Gasteiger partial charge in [0.1, 0.15) is 0 Å². The van der Waals surface area contributed by atoms with Crippen LogP contribution in [-0.2, 0) is 29.5 Å². The van der Waals surface area contributed by atoms with Crippen LogP contribution in [0.5, 0.6) is 0 Å². The van der Waals surface area contributed by atoms with E-state index >= 15 is 0 Å². The van der Waals surface area contributed by atoms with E-state index in [1.54, 1.807) is 0 Å². The van der Waals surface area contributed by atoms with Crippen LogP contribution in [0.1, 0.15) is 18.2 Å². The number of aryl methyl sites for hydroxylation is 2. The van der Waals surface area contributed by atoms with Gasteiger partial charge in [0.15, 0.2) is 0 Å². The molecule has 1 aromatic rings. The second-order valence-corrected chi connectivity index (χ2v) is 6.67. The molecule has 0 spiro atoms. The first kappa shape index (κ1) is 17.4. The highest BCUT2D eigenvalue weighted by Gasteiger charge is 2.24. The van der Waals surface area contributed by atoms with E-state index < -0.39 is 0 Å². The van der Waals surface area contributed by atoms with Gasteiger partial charge in [-0.15, -0.1) is 0 Å². The van der Waals surface area contributed by atoms with E-state index in [0.717, 1.165) is 65.4 Å². The zero-order chi connectivity index (χ0) is 16.9. The number of carbonyl (C=O) groups excluding carboxylic acids is 1. The van der Waals surface area contributed by atoms with Crippen LogP contribution in [0.4, 0.5) is 0 Å². The lowest BCUT2D eigenvalue weighted by Crippen LogP contribution is -2.52. The number of carbonyl (C=O) groups is 1. The molecule has 2 aliphatic rings. The summed E-state index contributed by atoms with van der Waals surface area (Å²) in [6.07, 6.45) is 3.09. The van der Waals surface area contributed by atoms with Crippen molar-refractivity contribution in [3.05, 3.63) is 17.5 Å². The number of hydrogen-bond acceptors (Lipinski definition) is 5. The molecule has 1 aromatic heterocycles. The molecule has 0 N–H and O–H groups in total. The van der Waals surface area contributed by atoms with E-state index in [1.807, 2.05) is 16.6 Å². The van der Waals surface area contributed by atoms with Gasteiger partial charge < -0.3 is 9.64 Å². The van der Waals surface area contributed by atoms with Crippen molar-refractivity contribution in [1.29, 1.82) is 0 Å². The van der Waals surface area contributed by atoms with Crippen molar-refractivity contribution in [2.24, 2.45) is 7.05 Å². The van der Waals surface area contributed by atoms with Gasteiger partial charge in [0, 0.05) is 64.6 Å². The first-order chi connectivity index (χ1) is 11.7. The topological polar surface area (TPSA) is 53.8 Å². The Hall–Kier alpha value is -1.44. The normalized spacial score (nSPS) is 20.5. The summed E-state index contributed by atoms with van der Waals surface area (Å²) in [6, 6.07) is 0. The van der Waals surface area contributed by atoms with E-state index in [-0.39, 0.29) is 5.91 Å². The lowest BCUT2D eigenvalue weighted by Gasteiger charge is -2.36. The largest absolute Gasteiger partial charge is 0.379 e. The third-order valence-electron chi connectivity index (χ3n) is 4.91. The Bertz CT molecular complexity index is 545. The highest BCUT2D eigenvalue weighted by molar-refractivity contribution is 5.78. The predicted octanol–water partition coefficient (Wildman–Crippen LogP) is -0.0411. The molecule has 0 aromatic carbocycles. The molecule has 7 nitrogen and oxygen atoms in total. The van der Waals surface area contributed by atoms with Gasteiger partial charge in [-0.1, -0.05) is 6.92 Å². The molecule has 3 heterocycles. The van der Waals surface area contributed by atoms with Crippen LogP contribution in [0.15, 0.2) is 6.20 Å². The van der Waals surface area contributed by atoms with E-state index in [1.165, 1.54) is 11.3 Å². The first-order valence-corrected chi connectivity index (χ1v) is 8.97. The number of nitrogens with zero attached hydrogens (tertiary/aromatic N) is 5. The molecule has 24 heavy (non-hydrogen) atoms. The summed E-state index contributed by atoms with van der Waals surface area (Å²) in [5.74, 6) is 0.257. The fourth-order valence-electron chi connectivity index (χ4n) is 3.46. The van der Waals surface area contributed by atoms with E-state index in [4.69, 9.17) is 4.74 Å². The summed E-state index contributed by atoms with van der Waals surface area (Å²) < 4.78 is 7.24. The van der Waals surface area contributed by atoms with Gasteiger partial charge in [-0.05, 0) is 6.42 Å². The molecular weight excluding hydrogens is 306 g/mol. The Morgan fingerprint density at radius 1 is 1.12 bits per heavy atom. The predicted molar refractivity (Wildman–Crippen MR) is 91.7 cm³/mol. The van der Waals surface area contributed by atoms with Crippen molar-refractivity contribution in [2.75, 3.05) is 59.0 Å². The second-order valence-electron chi connectivity index (χ2n) is 6.67. The summed E-state index contributed by atoms with van der Waals surface area (Å²) >= 11 is 0. The lowest BCUT2D eigenvalue weighted by atomic mass is 10.2. The van der Waals surface area contributed by atoms with Crippen LogP contribution in [0.25, 0.3) is 0 Å². The fraction of sp³-hybridized carbons (Fsp3) is 0.765. The van der Waals surface area contributed by atoms with Crippen molar-refractivity contribution in [3.63, 3.8) is 0 Å². The van der Waals surface area contributed by atoms with Crippen molar-refractivity contribution < 1.29 is 9.53 Å². The molecule has 3 rings (SSSR count). The fourth-order valence-corrected chi connectivity index (χ4v) is 3.46. The summed E-state index contributed by atoms with van der Waals surface area (Å²) in [5.41, 5.74) is 2.50. The summed E-state index contributed by atoms with van der Waals surface area (Å²) in [4.78, 5) is 19.1. The van der Waals surface area contributed by atoms with Gasteiger partial charge in [0.05, 0.1) is 25.5 Å². The van der Waals surface area contributed by atoms with Gasteiger partial charge in [-0.3, -0.25) is 19.3 Å². The molecule has 1 amide bonds.